The number of sulfonamides is 1. The number of morpholine rings is 1. The van der Waals surface area contributed by atoms with Crippen LogP contribution in [0.25, 0.3) is 6.08 Å². The van der Waals surface area contributed by atoms with Gasteiger partial charge in [-0.15, -0.1) is 0 Å². The zero-order valence-corrected chi connectivity index (χ0v) is 19.6. The first kappa shape index (κ1) is 23.9. The highest BCUT2D eigenvalue weighted by Gasteiger charge is 2.29. The van der Waals surface area contributed by atoms with E-state index in [9.17, 15) is 18.0 Å². The van der Waals surface area contributed by atoms with Crippen LogP contribution in [0.5, 0.6) is 5.75 Å². The maximum Gasteiger partial charge on any atom is 0.251 e. The molecule has 180 valence electrons. The molecule has 2 N–H and O–H groups in total. The number of rotatable bonds is 8. The summed E-state index contributed by atoms with van der Waals surface area (Å²) in [6, 6.07) is 11.7. The number of ether oxygens (including phenoxy) is 2. The molecule has 1 aliphatic heterocycles. The van der Waals surface area contributed by atoms with Crippen LogP contribution in [0.2, 0.25) is 0 Å². The fourth-order valence-electron chi connectivity index (χ4n) is 3.52. The molecule has 2 amide bonds. The summed E-state index contributed by atoms with van der Waals surface area (Å²) in [5, 5.41) is 5.64. The quantitative estimate of drug-likeness (QED) is 0.555. The second-order valence-corrected chi connectivity index (χ2v) is 9.98. The van der Waals surface area contributed by atoms with E-state index in [1.165, 1.54) is 29.6 Å². The Hall–Kier alpha value is -3.21. The van der Waals surface area contributed by atoms with E-state index in [0.717, 1.165) is 12.8 Å². The predicted octanol–water partition coefficient (Wildman–Crippen LogP) is 2.26. The number of carbonyl (C=O) groups excluding carboxylic acids is 2. The van der Waals surface area contributed by atoms with Crippen LogP contribution in [0.1, 0.15) is 28.8 Å². The SMILES string of the molecule is COc1ccc(/C=C\C(=O)Nc2cccc(C(=O)NC3CC3)c2)cc1S(=O)(=O)N1CCOCC1. The number of nitrogens with one attached hydrogen (secondary N) is 2. The van der Waals surface area contributed by atoms with Gasteiger partial charge in [-0.3, -0.25) is 9.59 Å². The van der Waals surface area contributed by atoms with E-state index in [1.54, 1.807) is 36.4 Å². The summed E-state index contributed by atoms with van der Waals surface area (Å²) in [6.07, 6.45) is 4.82. The average Bonchev–Trinajstić information content (AvgIpc) is 3.67. The first-order valence-electron chi connectivity index (χ1n) is 11.0. The Morgan fingerprint density at radius 3 is 2.59 bits per heavy atom. The molecule has 0 spiro atoms. The smallest absolute Gasteiger partial charge is 0.251 e. The Morgan fingerprint density at radius 2 is 1.88 bits per heavy atom. The van der Waals surface area contributed by atoms with E-state index >= 15 is 0 Å². The molecule has 2 aromatic carbocycles. The van der Waals surface area contributed by atoms with Crippen LogP contribution < -0.4 is 15.4 Å². The lowest BCUT2D eigenvalue weighted by Crippen LogP contribution is -2.40. The van der Waals surface area contributed by atoms with Crippen molar-refractivity contribution < 1.29 is 27.5 Å². The molecule has 4 rings (SSSR count). The predicted molar refractivity (Wildman–Crippen MR) is 127 cm³/mol. The van der Waals surface area contributed by atoms with Gasteiger partial charge in [-0.25, -0.2) is 8.42 Å². The molecule has 2 aromatic rings. The second kappa shape index (κ2) is 10.4. The van der Waals surface area contributed by atoms with Crippen molar-refractivity contribution in [3.8, 4) is 5.75 Å². The van der Waals surface area contributed by atoms with Crippen molar-refractivity contribution in [3.63, 3.8) is 0 Å². The topological polar surface area (TPSA) is 114 Å². The average molecular weight is 486 g/mol. The van der Waals surface area contributed by atoms with E-state index in [0.29, 0.717) is 30.0 Å². The van der Waals surface area contributed by atoms with Gasteiger partial charge in [-0.05, 0) is 54.8 Å². The van der Waals surface area contributed by atoms with Crippen molar-refractivity contribution in [1.29, 1.82) is 0 Å². The monoisotopic (exact) mass is 485 g/mol. The van der Waals surface area contributed by atoms with Gasteiger partial charge in [0.15, 0.2) is 0 Å². The highest BCUT2D eigenvalue weighted by atomic mass is 32.2. The Bertz CT molecular complexity index is 1200. The summed E-state index contributed by atoms with van der Waals surface area (Å²) < 4.78 is 38.1. The number of benzene rings is 2. The van der Waals surface area contributed by atoms with Gasteiger partial charge in [0.25, 0.3) is 5.91 Å². The van der Waals surface area contributed by atoms with Crippen molar-refractivity contribution in [1.82, 2.24) is 9.62 Å². The number of anilines is 1. The van der Waals surface area contributed by atoms with Crippen LogP contribution in [0, 0.1) is 0 Å². The number of carbonyl (C=O) groups is 2. The number of amides is 2. The molecule has 0 radical (unpaired) electrons. The molecule has 1 saturated carbocycles. The third-order valence-electron chi connectivity index (χ3n) is 5.51. The van der Waals surface area contributed by atoms with Crippen molar-refractivity contribution in [2.75, 3.05) is 38.7 Å². The minimum Gasteiger partial charge on any atom is -0.495 e. The molecule has 0 atom stereocenters. The van der Waals surface area contributed by atoms with Gasteiger partial charge < -0.3 is 20.1 Å². The van der Waals surface area contributed by atoms with Gasteiger partial charge in [0, 0.05) is 36.5 Å². The number of methoxy groups -OCH3 is 1. The first-order valence-corrected chi connectivity index (χ1v) is 12.5. The van der Waals surface area contributed by atoms with E-state index < -0.39 is 15.9 Å². The summed E-state index contributed by atoms with van der Waals surface area (Å²) in [5.41, 5.74) is 1.49. The lowest BCUT2D eigenvalue weighted by Gasteiger charge is -2.26. The van der Waals surface area contributed by atoms with Crippen LogP contribution in [0.3, 0.4) is 0 Å². The molecule has 1 aliphatic carbocycles. The first-order chi connectivity index (χ1) is 16.4. The highest BCUT2D eigenvalue weighted by molar-refractivity contribution is 7.89. The molecule has 2 fully saturated rings. The molecule has 0 unspecified atom stereocenters. The Kier molecular flexibility index (Phi) is 7.30. The zero-order valence-electron chi connectivity index (χ0n) is 18.8. The van der Waals surface area contributed by atoms with Gasteiger partial charge in [0.2, 0.25) is 15.9 Å². The van der Waals surface area contributed by atoms with Gasteiger partial charge >= 0.3 is 0 Å². The maximum absolute atomic E-state index is 13.1. The number of nitrogens with zero attached hydrogens (tertiary/aromatic N) is 1. The molecule has 10 heteroatoms. The minimum absolute atomic E-state index is 0.0360. The molecule has 34 heavy (non-hydrogen) atoms. The van der Waals surface area contributed by atoms with E-state index in [4.69, 9.17) is 9.47 Å². The molecule has 0 bridgehead atoms. The summed E-state index contributed by atoms with van der Waals surface area (Å²) >= 11 is 0. The van der Waals surface area contributed by atoms with E-state index in [-0.39, 0.29) is 35.7 Å². The zero-order chi connectivity index (χ0) is 24.1. The Morgan fingerprint density at radius 1 is 1.12 bits per heavy atom. The number of hydrogen-bond acceptors (Lipinski definition) is 6. The second-order valence-electron chi connectivity index (χ2n) is 8.08. The third-order valence-corrected chi connectivity index (χ3v) is 7.43. The van der Waals surface area contributed by atoms with Crippen LogP contribution in [0.4, 0.5) is 5.69 Å². The van der Waals surface area contributed by atoms with Crippen LogP contribution in [0.15, 0.2) is 53.4 Å². The molecular formula is C24H27N3O6S. The summed E-state index contributed by atoms with van der Waals surface area (Å²) in [4.78, 5) is 24.7. The van der Waals surface area contributed by atoms with Crippen molar-refractivity contribution in [2.24, 2.45) is 0 Å². The molecule has 2 aliphatic rings. The third kappa shape index (κ3) is 5.82. The van der Waals surface area contributed by atoms with Crippen molar-refractivity contribution in [3.05, 3.63) is 59.7 Å². The molecule has 1 saturated heterocycles. The van der Waals surface area contributed by atoms with Gasteiger partial charge in [0.1, 0.15) is 10.6 Å². The highest BCUT2D eigenvalue weighted by Crippen LogP contribution is 2.29. The van der Waals surface area contributed by atoms with E-state index in [2.05, 4.69) is 10.6 Å². The fourth-order valence-corrected chi connectivity index (χ4v) is 5.11. The van der Waals surface area contributed by atoms with Gasteiger partial charge in [-0.1, -0.05) is 12.1 Å². The van der Waals surface area contributed by atoms with Crippen molar-refractivity contribution >= 4 is 33.6 Å². The minimum atomic E-state index is -3.78. The maximum atomic E-state index is 13.1. The lowest BCUT2D eigenvalue weighted by molar-refractivity contribution is -0.111. The standard InChI is InChI=1S/C24H27N3O6S/c1-32-21-9-5-17(15-22(21)34(30,31)27-11-13-33-14-12-27)6-10-23(28)25-20-4-2-3-18(16-20)24(29)26-19-7-8-19/h2-6,9-10,15-16,19H,7-8,11-14H2,1H3,(H,25,28)(H,26,29)/b10-6-. The van der Waals surface area contributed by atoms with Gasteiger partial charge in [0.05, 0.1) is 20.3 Å². The molecular weight excluding hydrogens is 458 g/mol. The summed E-state index contributed by atoms with van der Waals surface area (Å²) in [6.45, 7) is 1.22. The van der Waals surface area contributed by atoms with Crippen LogP contribution in [-0.4, -0.2) is 64.0 Å². The van der Waals surface area contributed by atoms with E-state index in [1.807, 2.05) is 0 Å². The largest absolute Gasteiger partial charge is 0.495 e. The normalized spacial score (nSPS) is 16.9. The molecule has 0 aromatic heterocycles. The number of hydrogen-bond donors (Lipinski definition) is 2. The molecule has 1 heterocycles. The van der Waals surface area contributed by atoms with Crippen molar-refractivity contribution in [2.45, 2.75) is 23.8 Å². The fraction of sp³-hybridized carbons (Fsp3) is 0.333. The lowest BCUT2D eigenvalue weighted by atomic mass is 10.1. The summed E-state index contributed by atoms with van der Waals surface area (Å²) in [7, 11) is -2.36. The van der Waals surface area contributed by atoms with Crippen LogP contribution in [-0.2, 0) is 19.6 Å². The van der Waals surface area contributed by atoms with Crippen LogP contribution >= 0.6 is 0 Å². The Balaban J connectivity index is 1.46. The Labute approximate surface area is 198 Å². The van der Waals surface area contributed by atoms with Gasteiger partial charge in [-0.2, -0.15) is 4.31 Å². The molecule has 9 nitrogen and oxygen atoms in total. The summed E-state index contributed by atoms with van der Waals surface area (Å²) in [5.74, 6) is -0.344.